The lowest BCUT2D eigenvalue weighted by Gasteiger charge is -2.23. The Balaban J connectivity index is 1.79. The normalized spacial score (nSPS) is 16.2. The second-order valence-electron chi connectivity index (χ2n) is 6.92. The van der Waals surface area contributed by atoms with Crippen molar-refractivity contribution in [2.75, 3.05) is 25.2 Å². The van der Waals surface area contributed by atoms with Crippen LogP contribution in [0.1, 0.15) is 43.6 Å². The van der Waals surface area contributed by atoms with Crippen LogP contribution in [-0.4, -0.2) is 36.4 Å². The topological polar surface area (TPSA) is 80.5 Å². The average Bonchev–Trinajstić information content (AvgIpc) is 3.23. The van der Waals surface area contributed by atoms with Crippen molar-refractivity contribution in [1.82, 2.24) is 15.5 Å². The van der Waals surface area contributed by atoms with Crippen LogP contribution in [0.5, 0.6) is 0 Å². The quantitative estimate of drug-likeness (QED) is 0.822. The van der Waals surface area contributed by atoms with E-state index in [0.717, 1.165) is 17.7 Å². The first-order chi connectivity index (χ1) is 12.6. The molecule has 1 atom stereocenters. The maximum absolute atomic E-state index is 12.9. The first-order valence-corrected chi connectivity index (χ1v) is 9.06. The Morgan fingerprint density at radius 1 is 1.42 bits per heavy atom. The summed E-state index contributed by atoms with van der Waals surface area (Å²) < 4.78 is 10.5. The molecule has 1 unspecified atom stereocenters. The summed E-state index contributed by atoms with van der Waals surface area (Å²) in [5, 5.41) is 7.03. The molecule has 0 saturated heterocycles. The van der Waals surface area contributed by atoms with Gasteiger partial charge in [-0.1, -0.05) is 37.2 Å². The number of aromatic nitrogens is 2. The molecule has 2 aromatic rings. The lowest BCUT2D eigenvalue weighted by atomic mass is 10.1. The number of hydrogen-bond acceptors (Lipinski definition) is 5. The van der Waals surface area contributed by atoms with Crippen molar-refractivity contribution in [3.63, 3.8) is 0 Å². The largest absolute Gasteiger partial charge is 0.384 e. The number of carbonyl (C=O) groups excluding carboxylic acids is 1. The molecule has 0 saturated carbocycles. The standard InChI is InChI=1S/C19H26N4O3/c1-13(2)8-10-20-19(24)23-15-7-5-4-6-14(15)12-16(23)18-21-17(22-26-18)9-11-25-3/h4-7,13,16H,8-12H2,1-3H3,(H,20,24). The summed E-state index contributed by atoms with van der Waals surface area (Å²) in [6, 6.07) is 7.50. The number of para-hydroxylation sites is 1. The fourth-order valence-electron chi connectivity index (χ4n) is 3.09. The van der Waals surface area contributed by atoms with Crippen LogP contribution in [0.4, 0.5) is 10.5 Å². The molecule has 3 rings (SSSR count). The zero-order valence-electron chi connectivity index (χ0n) is 15.6. The number of hydrogen-bond donors (Lipinski definition) is 1. The molecule has 140 valence electrons. The summed E-state index contributed by atoms with van der Waals surface area (Å²) in [5.74, 6) is 1.60. The summed E-state index contributed by atoms with van der Waals surface area (Å²) in [6.45, 7) is 5.45. The van der Waals surface area contributed by atoms with Crippen molar-refractivity contribution in [3.8, 4) is 0 Å². The molecule has 0 fully saturated rings. The summed E-state index contributed by atoms with van der Waals surface area (Å²) >= 11 is 0. The molecule has 1 aromatic carbocycles. The van der Waals surface area contributed by atoms with Crippen LogP contribution in [0.25, 0.3) is 0 Å². The summed E-state index contributed by atoms with van der Waals surface area (Å²) in [7, 11) is 1.64. The molecular weight excluding hydrogens is 332 g/mol. The van der Waals surface area contributed by atoms with Crippen molar-refractivity contribution in [2.24, 2.45) is 5.92 Å². The third-order valence-corrected chi connectivity index (χ3v) is 4.49. The summed E-state index contributed by atoms with van der Waals surface area (Å²) in [5.41, 5.74) is 2.00. The van der Waals surface area contributed by atoms with Gasteiger partial charge in [0.2, 0.25) is 5.89 Å². The first-order valence-electron chi connectivity index (χ1n) is 9.06. The van der Waals surface area contributed by atoms with Crippen LogP contribution >= 0.6 is 0 Å². The van der Waals surface area contributed by atoms with Crippen LogP contribution in [-0.2, 0) is 17.6 Å². The van der Waals surface area contributed by atoms with Gasteiger partial charge in [0.1, 0.15) is 6.04 Å². The number of carbonyl (C=O) groups is 1. The second-order valence-corrected chi connectivity index (χ2v) is 6.92. The highest BCUT2D eigenvalue weighted by molar-refractivity contribution is 5.95. The van der Waals surface area contributed by atoms with E-state index in [-0.39, 0.29) is 12.1 Å². The molecule has 7 heteroatoms. The zero-order chi connectivity index (χ0) is 18.5. The fraction of sp³-hybridized carbons (Fsp3) is 0.526. The van der Waals surface area contributed by atoms with Crippen LogP contribution in [0, 0.1) is 5.92 Å². The number of urea groups is 1. The van der Waals surface area contributed by atoms with Gasteiger partial charge in [-0.25, -0.2) is 4.79 Å². The SMILES string of the molecule is COCCc1noc(C2Cc3ccccc3N2C(=O)NCCC(C)C)n1. The number of nitrogens with zero attached hydrogens (tertiary/aromatic N) is 3. The van der Waals surface area contributed by atoms with Gasteiger partial charge in [0.05, 0.1) is 6.61 Å². The van der Waals surface area contributed by atoms with E-state index >= 15 is 0 Å². The van der Waals surface area contributed by atoms with E-state index in [4.69, 9.17) is 9.26 Å². The molecule has 1 aromatic heterocycles. The number of anilines is 1. The Bertz CT molecular complexity index is 744. The highest BCUT2D eigenvalue weighted by Crippen LogP contribution is 2.39. The molecule has 2 heterocycles. The van der Waals surface area contributed by atoms with Crippen LogP contribution in [0.2, 0.25) is 0 Å². The third-order valence-electron chi connectivity index (χ3n) is 4.49. The Hall–Kier alpha value is -2.41. The maximum atomic E-state index is 12.9. The van der Waals surface area contributed by atoms with E-state index in [1.54, 1.807) is 12.0 Å². The number of fused-ring (bicyclic) bond motifs is 1. The molecule has 1 aliphatic heterocycles. The number of benzene rings is 1. The van der Waals surface area contributed by atoms with E-state index in [9.17, 15) is 4.79 Å². The lowest BCUT2D eigenvalue weighted by molar-refractivity contribution is 0.199. The molecule has 1 N–H and O–H groups in total. The lowest BCUT2D eigenvalue weighted by Crippen LogP contribution is -2.41. The Labute approximate surface area is 153 Å². The summed E-state index contributed by atoms with van der Waals surface area (Å²) in [6.07, 6.45) is 2.19. The van der Waals surface area contributed by atoms with Gasteiger partial charge in [0.15, 0.2) is 5.82 Å². The smallest absolute Gasteiger partial charge is 0.322 e. The minimum atomic E-state index is -0.282. The minimum absolute atomic E-state index is 0.128. The van der Waals surface area contributed by atoms with Gasteiger partial charge >= 0.3 is 6.03 Å². The number of methoxy groups -OCH3 is 1. The predicted octanol–water partition coefficient (Wildman–Crippen LogP) is 3.12. The van der Waals surface area contributed by atoms with Gasteiger partial charge in [0, 0.05) is 32.2 Å². The highest BCUT2D eigenvalue weighted by Gasteiger charge is 2.38. The molecular formula is C19H26N4O3. The minimum Gasteiger partial charge on any atom is -0.384 e. The molecule has 0 aliphatic carbocycles. The fourth-order valence-corrected chi connectivity index (χ4v) is 3.09. The van der Waals surface area contributed by atoms with Crippen molar-refractivity contribution in [2.45, 2.75) is 39.2 Å². The van der Waals surface area contributed by atoms with E-state index in [1.807, 2.05) is 24.3 Å². The molecule has 1 aliphatic rings. The van der Waals surface area contributed by atoms with Gasteiger partial charge in [-0.15, -0.1) is 0 Å². The molecule has 7 nitrogen and oxygen atoms in total. The van der Waals surface area contributed by atoms with Gasteiger partial charge in [-0.2, -0.15) is 4.98 Å². The Morgan fingerprint density at radius 3 is 3.00 bits per heavy atom. The number of rotatable bonds is 7. The second kappa shape index (κ2) is 8.31. The van der Waals surface area contributed by atoms with Crippen molar-refractivity contribution >= 4 is 11.7 Å². The van der Waals surface area contributed by atoms with Crippen molar-refractivity contribution in [1.29, 1.82) is 0 Å². The first kappa shape index (κ1) is 18.4. The Morgan fingerprint density at radius 2 is 2.23 bits per heavy atom. The monoisotopic (exact) mass is 358 g/mol. The summed E-state index contributed by atoms with van der Waals surface area (Å²) in [4.78, 5) is 19.1. The van der Waals surface area contributed by atoms with Crippen molar-refractivity contribution < 1.29 is 14.1 Å². The highest BCUT2D eigenvalue weighted by atomic mass is 16.5. The van der Waals surface area contributed by atoms with E-state index < -0.39 is 0 Å². The molecule has 0 spiro atoms. The van der Waals surface area contributed by atoms with Gasteiger partial charge < -0.3 is 14.6 Å². The van der Waals surface area contributed by atoms with Gasteiger partial charge in [-0.3, -0.25) is 4.90 Å². The number of nitrogens with one attached hydrogen (secondary N) is 1. The molecule has 0 radical (unpaired) electrons. The van der Waals surface area contributed by atoms with Gasteiger partial charge in [0.25, 0.3) is 0 Å². The average molecular weight is 358 g/mol. The Kier molecular flexibility index (Phi) is 5.88. The van der Waals surface area contributed by atoms with E-state index in [0.29, 0.717) is 43.6 Å². The van der Waals surface area contributed by atoms with E-state index in [2.05, 4.69) is 29.3 Å². The number of ether oxygens (including phenoxy) is 1. The molecule has 26 heavy (non-hydrogen) atoms. The van der Waals surface area contributed by atoms with Crippen molar-refractivity contribution in [3.05, 3.63) is 41.5 Å². The molecule has 2 amide bonds. The van der Waals surface area contributed by atoms with Crippen LogP contribution in [0.3, 0.4) is 0 Å². The predicted molar refractivity (Wildman–Crippen MR) is 98.1 cm³/mol. The number of amides is 2. The van der Waals surface area contributed by atoms with Crippen LogP contribution in [0.15, 0.2) is 28.8 Å². The molecule has 0 bridgehead atoms. The third kappa shape index (κ3) is 4.04. The zero-order valence-corrected chi connectivity index (χ0v) is 15.6. The maximum Gasteiger partial charge on any atom is 0.322 e. The van der Waals surface area contributed by atoms with Crippen LogP contribution < -0.4 is 10.2 Å². The van der Waals surface area contributed by atoms with Gasteiger partial charge in [-0.05, 0) is 24.0 Å². The van der Waals surface area contributed by atoms with E-state index in [1.165, 1.54) is 0 Å².